The summed E-state index contributed by atoms with van der Waals surface area (Å²) in [5, 5.41) is 2.63. The first-order chi connectivity index (χ1) is 16.9. The number of hydrogen-bond donors (Lipinski definition) is 2. The van der Waals surface area contributed by atoms with Crippen molar-refractivity contribution in [3.63, 3.8) is 0 Å². The number of anilines is 1. The van der Waals surface area contributed by atoms with Crippen LogP contribution in [0.15, 0.2) is 60.8 Å². The molecule has 6 nitrogen and oxygen atoms in total. The molecular formula is C29H40N3O3+. The fourth-order valence-corrected chi connectivity index (χ4v) is 5.08. The van der Waals surface area contributed by atoms with Crippen LogP contribution in [0, 0.1) is 12.8 Å². The highest BCUT2D eigenvalue weighted by molar-refractivity contribution is 5.88. The van der Waals surface area contributed by atoms with Crippen molar-refractivity contribution >= 4 is 17.6 Å². The molecule has 1 aromatic carbocycles. The molecule has 1 aromatic heterocycles. The second kappa shape index (κ2) is 12.6. The molecule has 2 atom stereocenters. The first-order valence-electron chi connectivity index (χ1n) is 12.8. The predicted octanol–water partition coefficient (Wildman–Crippen LogP) is 4.75. The minimum atomic E-state index is -0.455. The predicted molar refractivity (Wildman–Crippen MR) is 139 cm³/mol. The zero-order chi connectivity index (χ0) is 25.3. The van der Waals surface area contributed by atoms with E-state index in [0.717, 1.165) is 62.0 Å². The van der Waals surface area contributed by atoms with Gasteiger partial charge in [0, 0.05) is 31.4 Å². The van der Waals surface area contributed by atoms with Crippen LogP contribution in [0.1, 0.15) is 69.5 Å². The molecule has 0 radical (unpaired) electrons. The van der Waals surface area contributed by atoms with Crippen LogP contribution in [0.3, 0.4) is 0 Å². The molecule has 6 heteroatoms. The number of benzene rings is 1. The summed E-state index contributed by atoms with van der Waals surface area (Å²) in [4.78, 5) is 27.8. The number of carbonyl (C=O) groups is 2. The minimum Gasteiger partial charge on any atom is -0.461 e. The Morgan fingerprint density at radius 2 is 1.80 bits per heavy atom. The minimum absolute atomic E-state index is 0.00981. The van der Waals surface area contributed by atoms with E-state index in [1.807, 2.05) is 37.3 Å². The van der Waals surface area contributed by atoms with Gasteiger partial charge in [-0.05, 0) is 37.5 Å². The maximum absolute atomic E-state index is 13.3. The van der Waals surface area contributed by atoms with Crippen LogP contribution in [0.5, 0.6) is 0 Å². The van der Waals surface area contributed by atoms with Crippen molar-refractivity contribution in [2.45, 2.75) is 76.7 Å². The maximum atomic E-state index is 13.3. The van der Waals surface area contributed by atoms with Crippen molar-refractivity contribution in [3.8, 4) is 0 Å². The number of amides is 1. The molecule has 2 aliphatic rings. The highest BCUT2D eigenvalue weighted by atomic mass is 16.5. The summed E-state index contributed by atoms with van der Waals surface area (Å²) in [6.45, 7) is 8.34. The second-order valence-electron chi connectivity index (χ2n) is 9.79. The first kappa shape index (κ1) is 26.6. The normalized spacial score (nSPS) is 20.9. The highest BCUT2D eigenvalue weighted by Crippen LogP contribution is 2.43. The van der Waals surface area contributed by atoms with Gasteiger partial charge in [0.25, 0.3) is 0 Å². The number of nitrogens with zero attached hydrogens (tertiary/aromatic N) is 1. The molecule has 0 bridgehead atoms. The molecule has 2 aromatic rings. The van der Waals surface area contributed by atoms with E-state index in [4.69, 9.17) is 4.74 Å². The van der Waals surface area contributed by atoms with E-state index in [1.165, 1.54) is 25.3 Å². The van der Waals surface area contributed by atoms with Crippen LogP contribution < -0.4 is 11.1 Å². The number of ether oxygens (including phenoxy) is 1. The zero-order valence-electron chi connectivity index (χ0n) is 21.2. The van der Waals surface area contributed by atoms with Crippen LogP contribution >= 0.6 is 0 Å². The van der Waals surface area contributed by atoms with Gasteiger partial charge in [-0.15, -0.1) is 0 Å². The van der Waals surface area contributed by atoms with Crippen LogP contribution in [0.4, 0.5) is 5.69 Å². The number of esters is 1. The number of nitrogens with one attached hydrogen (secondary N) is 1. The Morgan fingerprint density at radius 1 is 1.11 bits per heavy atom. The Kier molecular flexibility index (Phi) is 9.61. The molecular weight excluding hydrogens is 438 g/mol. The standard InChI is InChI=1S/C21H29NO2.C8H10N2O/c1-16-15-19(18(16)11-14-22)24-20(23)21(12-7-2-3-8-13-21)17-9-5-4-6-10-17;1-6-3-4-8(5-9-6)10-7(2)11/h4-6,9-10,18-19H,1-3,7-8,11-15,22H2;3-5H,1-2H3,(H,10,11)/p+1. The van der Waals surface area contributed by atoms with E-state index in [1.54, 1.807) is 6.20 Å². The van der Waals surface area contributed by atoms with Gasteiger partial charge in [-0.1, -0.05) is 68.2 Å². The maximum Gasteiger partial charge on any atom is 0.316 e. The Balaban J connectivity index is 0.000000261. The summed E-state index contributed by atoms with van der Waals surface area (Å²) < 4.78 is 6.05. The van der Waals surface area contributed by atoms with Gasteiger partial charge in [0.15, 0.2) is 0 Å². The first-order valence-corrected chi connectivity index (χ1v) is 12.8. The van der Waals surface area contributed by atoms with E-state index in [2.05, 4.69) is 34.7 Å². The summed E-state index contributed by atoms with van der Waals surface area (Å²) in [5.41, 5.74) is 7.51. The average Bonchev–Trinajstić information content (AvgIpc) is 3.12. The largest absolute Gasteiger partial charge is 0.461 e. The Bertz CT molecular complexity index is 980. The molecule has 188 valence electrons. The molecule has 1 amide bonds. The third-order valence-electron chi connectivity index (χ3n) is 7.12. The number of pyridine rings is 1. The summed E-state index contributed by atoms with van der Waals surface area (Å²) >= 11 is 0. The molecule has 0 aliphatic heterocycles. The summed E-state index contributed by atoms with van der Waals surface area (Å²) in [6.07, 6.45) is 9.88. The van der Waals surface area contributed by atoms with E-state index in [0.29, 0.717) is 5.92 Å². The third-order valence-corrected chi connectivity index (χ3v) is 7.12. The molecule has 2 aliphatic carbocycles. The molecule has 0 spiro atoms. The Morgan fingerprint density at radius 3 is 2.34 bits per heavy atom. The lowest BCUT2D eigenvalue weighted by molar-refractivity contribution is -0.371. The van der Waals surface area contributed by atoms with Crippen molar-refractivity contribution in [2.24, 2.45) is 5.92 Å². The quantitative estimate of drug-likeness (QED) is 0.356. The molecule has 2 saturated carbocycles. The summed E-state index contributed by atoms with van der Waals surface area (Å²) in [5.74, 6) is 0.225. The van der Waals surface area contributed by atoms with Gasteiger partial charge >= 0.3 is 5.97 Å². The second-order valence-corrected chi connectivity index (χ2v) is 9.79. The topological polar surface area (TPSA) is 95.9 Å². The fraction of sp³-hybridized carbons (Fsp3) is 0.483. The average molecular weight is 479 g/mol. The lowest BCUT2D eigenvalue weighted by Gasteiger charge is -2.41. The number of aromatic nitrogens is 1. The van der Waals surface area contributed by atoms with Crippen molar-refractivity contribution in [2.75, 3.05) is 11.9 Å². The summed E-state index contributed by atoms with van der Waals surface area (Å²) in [6, 6.07) is 14.0. The number of aryl methyl sites for hydroxylation is 1. The van der Waals surface area contributed by atoms with E-state index >= 15 is 0 Å². The molecule has 4 N–H and O–H groups in total. The third kappa shape index (κ3) is 7.01. The number of rotatable bonds is 6. The SMILES string of the molecule is C=C1CC(OC(=O)C2(c3ccccc3)CCCCCC2)C1CC[NH3+].CC(=O)Nc1ccc(C)nc1. The monoisotopic (exact) mass is 478 g/mol. The van der Waals surface area contributed by atoms with Crippen LogP contribution in [0.2, 0.25) is 0 Å². The van der Waals surface area contributed by atoms with Crippen LogP contribution in [-0.4, -0.2) is 29.5 Å². The smallest absolute Gasteiger partial charge is 0.316 e. The van der Waals surface area contributed by atoms with E-state index in [-0.39, 0.29) is 18.0 Å². The van der Waals surface area contributed by atoms with Crippen LogP contribution in [0.25, 0.3) is 0 Å². The van der Waals surface area contributed by atoms with Gasteiger partial charge in [-0.3, -0.25) is 14.6 Å². The fourth-order valence-electron chi connectivity index (χ4n) is 5.08. The zero-order valence-corrected chi connectivity index (χ0v) is 21.2. The molecule has 4 rings (SSSR count). The van der Waals surface area contributed by atoms with Gasteiger partial charge in [-0.25, -0.2) is 0 Å². The molecule has 35 heavy (non-hydrogen) atoms. The lowest BCUT2D eigenvalue weighted by atomic mass is 9.72. The summed E-state index contributed by atoms with van der Waals surface area (Å²) in [7, 11) is 0. The molecule has 0 saturated heterocycles. The van der Waals surface area contributed by atoms with E-state index in [9.17, 15) is 9.59 Å². The van der Waals surface area contributed by atoms with E-state index < -0.39 is 5.41 Å². The molecule has 2 fully saturated rings. The molecule has 2 unspecified atom stereocenters. The van der Waals surface area contributed by atoms with Gasteiger partial charge in [-0.2, -0.15) is 0 Å². The van der Waals surface area contributed by atoms with Crippen molar-refractivity contribution in [1.82, 2.24) is 4.98 Å². The van der Waals surface area contributed by atoms with Crippen molar-refractivity contribution in [3.05, 3.63) is 72.1 Å². The number of carbonyl (C=O) groups excluding carboxylic acids is 2. The number of hydrogen-bond acceptors (Lipinski definition) is 4. The van der Waals surface area contributed by atoms with Gasteiger partial charge in [0.05, 0.1) is 23.8 Å². The lowest BCUT2D eigenvalue weighted by Crippen LogP contribution is -2.53. The van der Waals surface area contributed by atoms with Gasteiger partial charge < -0.3 is 15.8 Å². The van der Waals surface area contributed by atoms with Crippen LogP contribution in [-0.2, 0) is 19.7 Å². The van der Waals surface area contributed by atoms with Gasteiger partial charge in [0.2, 0.25) is 5.91 Å². The van der Waals surface area contributed by atoms with Gasteiger partial charge in [0.1, 0.15) is 6.10 Å². The number of quaternary nitrogens is 1. The highest BCUT2D eigenvalue weighted by Gasteiger charge is 2.45. The van der Waals surface area contributed by atoms with Crippen molar-refractivity contribution in [1.29, 1.82) is 0 Å². The Labute approximate surface area is 209 Å². The van der Waals surface area contributed by atoms with Crippen molar-refractivity contribution < 1.29 is 20.1 Å². The Hall–Kier alpha value is -2.99. The molecule has 1 heterocycles.